The number of hydrogen-bond donors (Lipinski definition) is 1. The molecule has 0 fully saturated rings. The summed E-state index contributed by atoms with van der Waals surface area (Å²) in [5.41, 5.74) is 1.97. The Kier molecular flexibility index (Phi) is 6.64. The van der Waals surface area contributed by atoms with Gasteiger partial charge in [-0.3, -0.25) is 0 Å². The number of carbonyl (C=O) groups excluding carboxylic acids is 1. The highest BCUT2D eigenvalue weighted by atomic mass is 79.9. The van der Waals surface area contributed by atoms with Gasteiger partial charge in [0.2, 0.25) is 0 Å². The highest BCUT2D eigenvalue weighted by Gasteiger charge is 2.34. The van der Waals surface area contributed by atoms with Crippen molar-refractivity contribution in [2.75, 3.05) is 20.2 Å². The number of hydrogen-bond acceptors (Lipinski definition) is 4. The molecule has 2 aromatic rings. The van der Waals surface area contributed by atoms with Gasteiger partial charge in [-0.1, -0.05) is 18.2 Å². The lowest BCUT2D eigenvalue weighted by atomic mass is 9.94. The molecule has 0 saturated carbocycles. The fourth-order valence-electron chi connectivity index (χ4n) is 3.15. The summed E-state index contributed by atoms with van der Waals surface area (Å²) in [5.74, 6) is -0.735. The maximum absolute atomic E-state index is 13.2. The lowest BCUT2D eigenvalue weighted by molar-refractivity contribution is -0.139. The van der Waals surface area contributed by atoms with Crippen molar-refractivity contribution in [1.29, 1.82) is 0 Å². The third-order valence-corrected chi connectivity index (χ3v) is 5.24. The Morgan fingerprint density at radius 2 is 2.00 bits per heavy atom. The van der Waals surface area contributed by atoms with Crippen LogP contribution >= 0.6 is 15.9 Å². The molecule has 0 amide bonds. The fourth-order valence-corrected chi connectivity index (χ4v) is 3.70. The van der Waals surface area contributed by atoms with Crippen LogP contribution in [-0.2, 0) is 17.5 Å². The molecular formula is C21H19BrF3NO3. The van der Waals surface area contributed by atoms with Crippen LogP contribution in [0.3, 0.4) is 0 Å². The van der Waals surface area contributed by atoms with Gasteiger partial charge in [0.25, 0.3) is 0 Å². The molecule has 1 heterocycles. The third-order valence-electron chi connectivity index (χ3n) is 4.58. The summed E-state index contributed by atoms with van der Waals surface area (Å²) < 4.78 is 50.6. The number of halogens is 4. The van der Waals surface area contributed by atoms with Gasteiger partial charge in [-0.05, 0) is 69.9 Å². The predicted molar refractivity (Wildman–Crippen MR) is 107 cm³/mol. The van der Waals surface area contributed by atoms with Gasteiger partial charge in [-0.2, -0.15) is 13.2 Å². The zero-order chi connectivity index (χ0) is 21.0. The maximum Gasteiger partial charge on any atom is 0.419 e. The second-order valence-corrected chi connectivity index (χ2v) is 7.30. The summed E-state index contributed by atoms with van der Waals surface area (Å²) in [5, 5.41) is 3.21. The number of methoxy groups -OCH3 is 1. The van der Waals surface area contributed by atoms with E-state index in [0.29, 0.717) is 22.1 Å². The normalized spacial score (nSPS) is 14.3. The van der Waals surface area contributed by atoms with Gasteiger partial charge in [0.1, 0.15) is 12.4 Å². The lowest BCUT2D eigenvalue weighted by Crippen LogP contribution is -2.20. The molecule has 1 aliphatic rings. The van der Waals surface area contributed by atoms with Crippen molar-refractivity contribution >= 4 is 27.5 Å². The van der Waals surface area contributed by atoms with Gasteiger partial charge in [-0.15, -0.1) is 0 Å². The van der Waals surface area contributed by atoms with E-state index in [9.17, 15) is 18.0 Å². The SMILES string of the molecule is COC(=O)c1cc(C2=CCNCC2)c(COc2ccccc2C(F)(F)F)cc1Br. The topological polar surface area (TPSA) is 47.6 Å². The molecule has 4 nitrogen and oxygen atoms in total. The van der Waals surface area contributed by atoms with E-state index in [0.717, 1.165) is 30.2 Å². The first-order valence-corrected chi connectivity index (χ1v) is 9.70. The number of esters is 1. The average molecular weight is 470 g/mol. The number of alkyl halides is 3. The molecule has 0 unspecified atom stereocenters. The highest BCUT2D eigenvalue weighted by Crippen LogP contribution is 2.37. The summed E-state index contributed by atoms with van der Waals surface area (Å²) in [7, 11) is 1.29. The summed E-state index contributed by atoms with van der Waals surface area (Å²) in [6.07, 6.45) is -1.78. The van der Waals surface area contributed by atoms with Crippen LogP contribution in [0.25, 0.3) is 5.57 Å². The van der Waals surface area contributed by atoms with Gasteiger partial charge in [0, 0.05) is 11.0 Å². The minimum Gasteiger partial charge on any atom is -0.488 e. The summed E-state index contributed by atoms with van der Waals surface area (Å²) in [6, 6.07) is 8.49. The molecule has 29 heavy (non-hydrogen) atoms. The van der Waals surface area contributed by atoms with Crippen molar-refractivity contribution < 1.29 is 27.4 Å². The van der Waals surface area contributed by atoms with Gasteiger partial charge < -0.3 is 14.8 Å². The second kappa shape index (κ2) is 9.00. The van der Waals surface area contributed by atoms with Crippen molar-refractivity contribution in [3.05, 3.63) is 69.2 Å². The monoisotopic (exact) mass is 469 g/mol. The van der Waals surface area contributed by atoms with Crippen LogP contribution in [0.4, 0.5) is 13.2 Å². The smallest absolute Gasteiger partial charge is 0.419 e. The Morgan fingerprint density at radius 1 is 1.24 bits per heavy atom. The summed E-state index contributed by atoms with van der Waals surface area (Å²) >= 11 is 3.35. The molecule has 0 radical (unpaired) electrons. The van der Waals surface area contributed by atoms with E-state index in [1.54, 1.807) is 12.1 Å². The number of carbonyl (C=O) groups is 1. The molecule has 1 N–H and O–H groups in total. The van der Waals surface area contributed by atoms with Gasteiger partial charge >= 0.3 is 12.1 Å². The van der Waals surface area contributed by atoms with E-state index in [4.69, 9.17) is 9.47 Å². The quantitative estimate of drug-likeness (QED) is 0.610. The van der Waals surface area contributed by atoms with Crippen LogP contribution < -0.4 is 10.1 Å². The molecule has 154 valence electrons. The first-order valence-electron chi connectivity index (χ1n) is 8.91. The zero-order valence-electron chi connectivity index (χ0n) is 15.6. The van der Waals surface area contributed by atoms with Crippen LogP contribution in [0.2, 0.25) is 0 Å². The maximum atomic E-state index is 13.2. The number of ether oxygens (including phenoxy) is 2. The van der Waals surface area contributed by atoms with E-state index in [1.165, 1.54) is 25.3 Å². The highest BCUT2D eigenvalue weighted by molar-refractivity contribution is 9.10. The molecule has 8 heteroatoms. The van der Waals surface area contributed by atoms with Crippen LogP contribution in [0.5, 0.6) is 5.75 Å². The van der Waals surface area contributed by atoms with E-state index in [-0.39, 0.29) is 12.4 Å². The fraction of sp³-hybridized carbons (Fsp3) is 0.286. The minimum atomic E-state index is -4.51. The van der Waals surface area contributed by atoms with Crippen molar-refractivity contribution in [2.24, 2.45) is 0 Å². The Balaban J connectivity index is 1.98. The van der Waals surface area contributed by atoms with Crippen LogP contribution in [0, 0.1) is 0 Å². The lowest BCUT2D eigenvalue weighted by Gasteiger charge is -2.20. The molecule has 1 aliphatic heterocycles. The van der Waals surface area contributed by atoms with Crippen molar-refractivity contribution in [2.45, 2.75) is 19.2 Å². The molecule has 0 atom stereocenters. The van der Waals surface area contributed by atoms with E-state index >= 15 is 0 Å². The molecule has 0 aliphatic carbocycles. The molecule has 0 bridgehead atoms. The van der Waals surface area contributed by atoms with Crippen LogP contribution in [-0.4, -0.2) is 26.2 Å². The summed E-state index contributed by atoms with van der Waals surface area (Å²) in [6.45, 7) is 1.37. The Hall–Kier alpha value is -2.32. The Bertz CT molecular complexity index is 941. The van der Waals surface area contributed by atoms with E-state index in [1.807, 2.05) is 6.08 Å². The third kappa shape index (κ3) is 5.00. The number of benzene rings is 2. The minimum absolute atomic E-state index is 0.0761. The Labute approximate surface area is 174 Å². The molecule has 3 rings (SSSR count). The standard InChI is InChI=1S/C21H19BrF3NO3/c1-28-20(27)16-11-15(13-6-8-26-9-7-13)14(10-18(16)22)12-29-19-5-3-2-4-17(19)21(23,24)25/h2-6,10-11,26H,7-9,12H2,1H3. The number of rotatable bonds is 5. The number of para-hydroxylation sites is 1. The molecule has 0 saturated heterocycles. The van der Waals surface area contributed by atoms with Crippen LogP contribution in [0.15, 0.2) is 46.9 Å². The van der Waals surface area contributed by atoms with E-state index < -0.39 is 17.7 Å². The molecule has 0 spiro atoms. The van der Waals surface area contributed by atoms with Crippen molar-refractivity contribution in [1.82, 2.24) is 5.32 Å². The largest absolute Gasteiger partial charge is 0.488 e. The number of nitrogens with one attached hydrogen (secondary N) is 1. The molecular weight excluding hydrogens is 451 g/mol. The van der Waals surface area contributed by atoms with Crippen LogP contribution in [0.1, 0.15) is 33.5 Å². The van der Waals surface area contributed by atoms with Gasteiger partial charge in [0.15, 0.2) is 0 Å². The Morgan fingerprint density at radius 3 is 2.66 bits per heavy atom. The predicted octanol–water partition coefficient (Wildman–Crippen LogP) is 5.21. The summed E-state index contributed by atoms with van der Waals surface area (Å²) in [4.78, 5) is 12.1. The van der Waals surface area contributed by atoms with Crippen molar-refractivity contribution in [3.63, 3.8) is 0 Å². The van der Waals surface area contributed by atoms with E-state index in [2.05, 4.69) is 21.2 Å². The molecule has 2 aromatic carbocycles. The van der Waals surface area contributed by atoms with Gasteiger partial charge in [0.05, 0.1) is 18.2 Å². The van der Waals surface area contributed by atoms with Gasteiger partial charge in [-0.25, -0.2) is 4.79 Å². The molecule has 0 aromatic heterocycles. The second-order valence-electron chi connectivity index (χ2n) is 6.45. The zero-order valence-corrected chi connectivity index (χ0v) is 17.2. The first-order chi connectivity index (χ1) is 13.8. The first kappa shape index (κ1) is 21.4. The van der Waals surface area contributed by atoms with Crippen molar-refractivity contribution in [3.8, 4) is 5.75 Å². The average Bonchev–Trinajstić information content (AvgIpc) is 2.72.